The van der Waals surface area contributed by atoms with E-state index in [2.05, 4.69) is 6.07 Å². The van der Waals surface area contributed by atoms with Crippen molar-refractivity contribution in [2.75, 3.05) is 18.6 Å². The van der Waals surface area contributed by atoms with Crippen LogP contribution in [0.5, 0.6) is 0 Å². The number of para-hydroxylation sites is 1. The van der Waals surface area contributed by atoms with E-state index in [0.29, 0.717) is 32.2 Å². The molecule has 4 atom stereocenters. The molecule has 4 aliphatic heterocycles. The Balaban J connectivity index is 1.64. The standard InChI is InChI=1S/C22H22N2O4/c1-28-19(27)24-16-5-3-2-4-14(16)21-10-11-23-18(26)6-7-20(23)8-9-22(21,24)15(12-20)17(25)13-21/h2-7,15H,8-13H2,1H3. The van der Waals surface area contributed by atoms with Crippen LogP contribution in [0, 0.1) is 5.92 Å². The fourth-order valence-electron chi connectivity index (χ4n) is 7.28. The Morgan fingerprint density at radius 3 is 2.82 bits per heavy atom. The van der Waals surface area contributed by atoms with Gasteiger partial charge in [0.05, 0.1) is 23.9 Å². The molecule has 4 heterocycles. The van der Waals surface area contributed by atoms with Crippen molar-refractivity contribution in [3.63, 3.8) is 0 Å². The minimum absolute atomic E-state index is 0.0498. The van der Waals surface area contributed by atoms with Crippen molar-refractivity contribution in [1.29, 1.82) is 0 Å². The molecule has 2 spiro atoms. The third kappa shape index (κ3) is 1.50. The van der Waals surface area contributed by atoms with Gasteiger partial charge < -0.3 is 9.64 Å². The zero-order valence-electron chi connectivity index (χ0n) is 15.8. The van der Waals surface area contributed by atoms with Crippen LogP contribution in [0.25, 0.3) is 0 Å². The molecule has 1 aromatic carbocycles. The van der Waals surface area contributed by atoms with Crippen molar-refractivity contribution >= 4 is 23.5 Å². The lowest BCUT2D eigenvalue weighted by atomic mass is 9.56. The number of Topliss-reactive ketones (excluding diaryl/α,β-unsaturated/α-hetero) is 1. The zero-order valence-corrected chi connectivity index (χ0v) is 15.8. The molecule has 6 heteroatoms. The number of ketones is 1. The smallest absolute Gasteiger partial charge is 0.414 e. The van der Waals surface area contributed by atoms with Gasteiger partial charge in [0, 0.05) is 30.4 Å². The number of carbonyl (C=O) groups is 3. The zero-order chi connectivity index (χ0) is 19.3. The number of benzene rings is 1. The fourth-order valence-corrected chi connectivity index (χ4v) is 7.28. The molecular weight excluding hydrogens is 356 g/mol. The van der Waals surface area contributed by atoms with E-state index in [1.165, 1.54) is 7.11 Å². The Morgan fingerprint density at radius 2 is 2.00 bits per heavy atom. The van der Waals surface area contributed by atoms with Crippen molar-refractivity contribution in [1.82, 2.24) is 4.90 Å². The molecule has 28 heavy (non-hydrogen) atoms. The number of fused-ring (bicyclic) bond motifs is 3. The van der Waals surface area contributed by atoms with Gasteiger partial charge in [-0.1, -0.05) is 24.3 Å². The molecule has 1 aromatic rings. The lowest BCUT2D eigenvalue weighted by Crippen LogP contribution is -2.68. The summed E-state index contributed by atoms with van der Waals surface area (Å²) < 4.78 is 5.21. The van der Waals surface area contributed by atoms with Crippen LogP contribution in [0.1, 0.15) is 37.7 Å². The topological polar surface area (TPSA) is 66.9 Å². The number of amides is 2. The first-order valence-electron chi connectivity index (χ1n) is 10.0. The van der Waals surface area contributed by atoms with Crippen LogP contribution in [0.4, 0.5) is 10.5 Å². The van der Waals surface area contributed by atoms with Crippen molar-refractivity contribution < 1.29 is 19.1 Å². The van der Waals surface area contributed by atoms with Gasteiger partial charge >= 0.3 is 6.09 Å². The monoisotopic (exact) mass is 378 g/mol. The normalized spacial score (nSPS) is 39.5. The van der Waals surface area contributed by atoms with Gasteiger partial charge in [0.1, 0.15) is 5.78 Å². The molecule has 6 aliphatic rings. The SMILES string of the molecule is COC(=O)N1c2ccccc2C23CCN4C(=O)C=CC45CCC12C(C5)C(=O)C3. The number of hydrogen-bond acceptors (Lipinski definition) is 4. The summed E-state index contributed by atoms with van der Waals surface area (Å²) in [6.45, 7) is 0.608. The van der Waals surface area contributed by atoms with E-state index in [9.17, 15) is 14.4 Å². The Kier molecular flexibility index (Phi) is 2.83. The molecule has 2 amide bonds. The summed E-state index contributed by atoms with van der Waals surface area (Å²) in [6, 6.07) is 7.94. The maximum Gasteiger partial charge on any atom is 0.414 e. The molecule has 4 bridgehead atoms. The number of ether oxygens (including phenoxy) is 1. The Labute approximate surface area is 163 Å². The number of rotatable bonds is 0. The largest absolute Gasteiger partial charge is 0.452 e. The predicted octanol–water partition coefficient (Wildman–Crippen LogP) is 2.56. The number of methoxy groups -OCH3 is 1. The van der Waals surface area contributed by atoms with Crippen LogP contribution in [0.3, 0.4) is 0 Å². The van der Waals surface area contributed by atoms with Crippen molar-refractivity contribution in [2.45, 2.75) is 48.6 Å². The average molecular weight is 378 g/mol. The lowest BCUT2D eigenvalue weighted by molar-refractivity contribution is -0.135. The maximum atomic E-state index is 13.4. The van der Waals surface area contributed by atoms with Gasteiger partial charge in [-0.2, -0.15) is 0 Å². The number of hydrogen-bond donors (Lipinski definition) is 0. The molecule has 0 radical (unpaired) electrons. The predicted molar refractivity (Wildman–Crippen MR) is 101 cm³/mol. The van der Waals surface area contributed by atoms with E-state index < -0.39 is 11.0 Å². The van der Waals surface area contributed by atoms with Gasteiger partial charge in [-0.3, -0.25) is 14.5 Å². The summed E-state index contributed by atoms with van der Waals surface area (Å²) in [5, 5.41) is 0. The molecule has 2 saturated heterocycles. The van der Waals surface area contributed by atoms with E-state index in [4.69, 9.17) is 4.74 Å². The third-order valence-electron chi connectivity index (χ3n) is 8.29. The summed E-state index contributed by atoms with van der Waals surface area (Å²) in [5.74, 6) is -0.0167. The highest BCUT2D eigenvalue weighted by Gasteiger charge is 2.76. The van der Waals surface area contributed by atoms with Gasteiger partial charge in [0.15, 0.2) is 0 Å². The average Bonchev–Trinajstić information content (AvgIpc) is 3.21. The Hall–Kier alpha value is -2.63. The molecule has 0 aromatic heterocycles. The second-order valence-corrected chi connectivity index (χ2v) is 8.91. The highest BCUT2D eigenvalue weighted by molar-refractivity contribution is 6.02. The molecule has 2 aliphatic carbocycles. The second-order valence-electron chi connectivity index (χ2n) is 8.91. The highest BCUT2D eigenvalue weighted by atomic mass is 16.5. The first-order valence-corrected chi connectivity index (χ1v) is 10.0. The molecule has 4 fully saturated rings. The number of nitrogens with zero attached hydrogens (tertiary/aromatic N) is 2. The van der Waals surface area contributed by atoms with E-state index in [0.717, 1.165) is 17.7 Å². The highest BCUT2D eigenvalue weighted by Crippen LogP contribution is 2.69. The number of carbonyl (C=O) groups excluding carboxylic acids is 3. The summed E-state index contributed by atoms with van der Waals surface area (Å²) in [4.78, 5) is 42.8. The molecular formula is C22H22N2O4. The molecule has 7 rings (SSSR count). The van der Waals surface area contributed by atoms with Gasteiger partial charge in [-0.05, 0) is 37.3 Å². The van der Waals surface area contributed by atoms with Crippen LogP contribution in [-0.2, 0) is 19.7 Å². The quantitative estimate of drug-likeness (QED) is 0.696. The molecule has 6 nitrogen and oxygen atoms in total. The van der Waals surface area contributed by atoms with Gasteiger partial charge in [-0.15, -0.1) is 0 Å². The Bertz CT molecular complexity index is 987. The van der Waals surface area contributed by atoms with E-state index in [-0.39, 0.29) is 29.2 Å². The summed E-state index contributed by atoms with van der Waals surface area (Å²) in [7, 11) is 1.41. The van der Waals surface area contributed by atoms with E-state index in [1.807, 2.05) is 29.2 Å². The van der Waals surface area contributed by atoms with Gasteiger partial charge in [0.25, 0.3) is 0 Å². The second kappa shape index (κ2) is 4.85. The first-order chi connectivity index (χ1) is 13.5. The van der Waals surface area contributed by atoms with Gasteiger partial charge in [-0.25, -0.2) is 4.79 Å². The molecule has 2 saturated carbocycles. The van der Waals surface area contributed by atoms with Crippen molar-refractivity contribution in [3.8, 4) is 0 Å². The minimum atomic E-state index is -0.586. The van der Waals surface area contributed by atoms with Crippen LogP contribution in [-0.4, -0.2) is 47.4 Å². The molecule has 0 N–H and O–H groups in total. The molecule has 4 unspecified atom stereocenters. The fraction of sp³-hybridized carbons (Fsp3) is 0.500. The maximum absolute atomic E-state index is 13.4. The van der Waals surface area contributed by atoms with Crippen molar-refractivity contribution in [3.05, 3.63) is 42.0 Å². The summed E-state index contributed by atoms with van der Waals surface area (Å²) in [5.41, 5.74) is 0.513. The van der Waals surface area contributed by atoms with Crippen LogP contribution >= 0.6 is 0 Å². The van der Waals surface area contributed by atoms with Crippen LogP contribution < -0.4 is 4.90 Å². The van der Waals surface area contributed by atoms with Gasteiger partial charge in [0.2, 0.25) is 5.91 Å². The molecule has 144 valence electrons. The van der Waals surface area contributed by atoms with Crippen molar-refractivity contribution in [2.24, 2.45) is 5.92 Å². The summed E-state index contributed by atoms with van der Waals surface area (Å²) in [6.07, 6.45) is 6.46. The van der Waals surface area contributed by atoms with Crippen LogP contribution in [0.2, 0.25) is 0 Å². The van der Waals surface area contributed by atoms with E-state index in [1.54, 1.807) is 11.0 Å². The first kappa shape index (κ1) is 16.3. The number of anilines is 1. The minimum Gasteiger partial charge on any atom is -0.452 e. The van der Waals surface area contributed by atoms with E-state index >= 15 is 0 Å². The summed E-state index contributed by atoms with van der Waals surface area (Å²) >= 11 is 0. The third-order valence-corrected chi connectivity index (χ3v) is 8.29. The lowest BCUT2D eigenvalue weighted by Gasteiger charge is -2.58. The Morgan fingerprint density at radius 1 is 1.18 bits per heavy atom. The van der Waals surface area contributed by atoms with Crippen LogP contribution in [0.15, 0.2) is 36.4 Å².